The summed E-state index contributed by atoms with van der Waals surface area (Å²) in [6, 6.07) is 89.3. The number of para-hydroxylation sites is 4. The maximum Gasteiger partial charge on any atom is 0.152 e. The highest BCUT2D eigenvalue weighted by molar-refractivity contribution is 6.29. The van der Waals surface area contributed by atoms with Crippen LogP contribution in [0.5, 0.6) is 11.5 Å². The number of fused-ring (bicyclic) bond motifs is 9. The number of anilines is 3. The summed E-state index contributed by atoms with van der Waals surface area (Å²) in [5.74, 6) is 1.67. The van der Waals surface area contributed by atoms with Crippen molar-refractivity contribution in [3.63, 3.8) is 0 Å². The monoisotopic (exact) mass is 864 g/mol. The van der Waals surface area contributed by atoms with Crippen molar-refractivity contribution in [2.45, 2.75) is 5.41 Å². The molecule has 68 heavy (non-hydrogen) atoms. The van der Waals surface area contributed by atoms with Crippen molar-refractivity contribution in [3.05, 3.63) is 265 Å². The number of ether oxygens (including phenoxy) is 1. The van der Waals surface area contributed by atoms with Gasteiger partial charge in [-0.05, 0) is 138 Å². The third-order valence-corrected chi connectivity index (χ3v) is 14.9. The lowest BCUT2D eigenvalue weighted by Crippen LogP contribution is -2.28. The number of nitrogens with zero attached hydrogens (tertiary/aromatic N) is 2. The molecule has 0 amide bonds. The standard InChI is InChI=1S/C65H40N2O/c1-4-18-45(19-5-1)65(46-20-6-2-7-21-46)53-27-12-10-25-49(53)64-52-40-59(50-26-16-17-41-31-32-44(38-54(64)65)63(52)62(41)50)67-55-28-13-11-24-48(55)51-37-42(33-35-56(51)67)43-34-36-58-61(39-43)68-60-30-15-14-29-57(60)66(58)47-22-8-3-9-23-47/h1-40H. The van der Waals surface area contributed by atoms with E-state index in [1.165, 1.54) is 93.2 Å². The van der Waals surface area contributed by atoms with Crippen LogP contribution in [0.1, 0.15) is 22.3 Å². The summed E-state index contributed by atoms with van der Waals surface area (Å²) in [4.78, 5) is 2.29. The van der Waals surface area contributed by atoms with Crippen LogP contribution in [-0.2, 0) is 5.41 Å². The zero-order valence-electron chi connectivity index (χ0n) is 36.9. The van der Waals surface area contributed by atoms with Gasteiger partial charge in [0.25, 0.3) is 0 Å². The summed E-state index contributed by atoms with van der Waals surface area (Å²) in [6.07, 6.45) is 0. The zero-order valence-corrected chi connectivity index (χ0v) is 36.9. The molecule has 2 aliphatic rings. The first-order valence-corrected chi connectivity index (χ1v) is 23.5. The van der Waals surface area contributed by atoms with Crippen molar-refractivity contribution in [1.29, 1.82) is 0 Å². The van der Waals surface area contributed by atoms with Crippen LogP contribution in [0.3, 0.4) is 0 Å². The molecular weight excluding hydrogens is 825 g/mol. The van der Waals surface area contributed by atoms with Gasteiger partial charge in [0.1, 0.15) is 0 Å². The zero-order chi connectivity index (χ0) is 44.5. The van der Waals surface area contributed by atoms with Crippen LogP contribution < -0.4 is 9.64 Å². The molecule has 0 saturated heterocycles. The van der Waals surface area contributed by atoms with Gasteiger partial charge in [-0.3, -0.25) is 0 Å². The van der Waals surface area contributed by atoms with E-state index in [1.54, 1.807) is 0 Å². The molecule has 0 N–H and O–H groups in total. The SMILES string of the molecule is c1ccc(N2c3ccccc3Oc3cc(-c4ccc5c(c4)c4ccccc4n5-c4cc5c6c(cc7ccc8cccc4c8c75)C(c4ccccc4)(c4ccccc4)c4ccccc4-6)ccc32)cc1. The molecule has 316 valence electrons. The summed E-state index contributed by atoms with van der Waals surface area (Å²) >= 11 is 0. The summed E-state index contributed by atoms with van der Waals surface area (Å²) in [7, 11) is 0. The van der Waals surface area contributed by atoms with Crippen LogP contribution in [0.4, 0.5) is 17.1 Å². The molecule has 0 saturated carbocycles. The molecule has 0 unspecified atom stereocenters. The van der Waals surface area contributed by atoms with Crippen molar-refractivity contribution >= 4 is 71.2 Å². The number of hydrogen-bond donors (Lipinski definition) is 0. The van der Waals surface area contributed by atoms with Crippen LogP contribution >= 0.6 is 0 Å². The third kappa shape index (κ3) is 5.02. The Morgan fingerprint density at radius 3 is 1.82 bits per heavy atom. The van der Waals surface area contributed by atoms with E-state index in [2.05, 4.69) is 246 Å². The lowest BCUT2D eigenvalue weighted by Gasteiger charge is -2.34. The van der Waals surface area contributed by atoms with Crippen molar-refractivity contribution in [3.8, 4) is 39.4 Å². The van der Waals surface area contributed by atoms with Gasteiger partial charge in [0.2, 0.25) is 0 Å². The first-order valence-electron chi connectivity index (χ1n) is 23.5. The van der Waals surface area contributed by atoms with Gasteiger partial charge in [-0.15, -0.1) is 0 Å². The van der Waals surface area contributed by atoms with E-state index < -0.39 is 5.41 Å². The van der Waals surface area contributed by atoms with Crippen molar-refractivity contribution in [2.75, 3.05) is 4.90 Å². The van der Waals surface area contributed by atoms with E-state index in [4.69, 9.17) is 4.74 Å². The van der Waals surface area contributed by atoms with Crippen molar-refractivity contribution in [1.82, 2.24) is 4.57 Å². The molecule has 0 atom stereocenters. The quantitative estimate of drug-likeness (QED) is 0.160. The molecule has 1 aliphatic carbocycles. The first-order chi connectivity index (χ1) is 33.7. The Morgan fingerprint density at radius 1 is 0.353 bits per heavy atom. The lowest BCUT2D eigenvalue weighted by molar-refractivity contribution is 0.477. The van der Waals surface area contributed by atoms with Crippen molar-refractivity contribution < 1.29 is 4.74 Å². The summed E-state index contributed by atoms with van der Waals surface area (Å²) in [6.45, 7) is 0. The minimum absolute atomic E-state index is 0.507. The van der Waals surface area contributed by atoms with Crippen LogP contribution in [0, 0.1) is 0 Å². The predicted octanol–water partition coefficient (Wildman–Crippen LogP) is 17.3. The second-order valence-electron chi connectivity index (χ2n) is 18.3. The normalized spacial score (nSPS) is 13.5. The Balaban J connectivity index is 0.977. The number of hydrogen-bond acceptors (Lipinski definition) is 2. The number of aromatic nitrogens is 1. The van der Waals surface area contributed by atoms with E-state index in [0.717, 1.165) is 39.7 Å². The Kier molecular flexibility index (Phi) is 7.71. The largest absolute Gasteiger partial charge is 0.453 e. The molecule has 15 rings (SSSR count). The van der Waals surface area contributed by atoms with E-state index in [9.17, 15) is 0 Å². The molecule has 3 heteroatoms. The highest BCUT2D eigenvalue weighted by Crippen LogP contribution is 2.60. The van der Waals surface area contributed by atoms with E-state index >= 15 is 0 Å². The van der Waals surface area contributed by atoms with Gasteiger partial charge < -0.3 is 14.2 Å². The minimum atomic E-state index is -0.507. The Bertz CT molecular complexity index is 4130. The summed E-state index contributed by atoms with van der Waals surface area (Å²) < 4.78 is 9.20. The van der Waals surface area contributed by atoms with Crippen LogP contribution in [0.15, 0.2) is 243 Å². The highest BCUT2D eigenvalue weighted by Gasteiger charge is 2.47. The third-order valence-electron chi connectivity index (χ3n) is 14.9. The molecule has 0 radical (unpaired) electrons. The molecule has 0 bridgehead atoms. The Labute approximate surface area is 393 Å². The Morgan fingerprint density at radius 2 is 0.985 bits per heavy atom. The number of benzene rings is 12. The van der Waals surface area contributed by atoms with E-state index in [1.807, 2.05) is 6.07 Å². The van der Waals surface area contributed by atoms with Gasteiger partial charge in [0, 0.05) is 21.8 Å². The predicted molar refractivity (Wildman–Crippen MR) is 282 cm³/mol. The van der Waals surface area contributed by atoms with Crippen LogP contribution in [0.2, 0.25) is 0 Å². The molecule has 3 nitrogen and oxygen atoms in total. The van der Waals surface area contributed by atoms with Crippen LogP contribution in [-0.4, -0.2) is 4.57 Å². The van der Waals surface area contributed by atoms with Gasteiger partial charge in [0.15, 0.2) is 11.5 Å². The highest BCUT2D eigenvalue weighted by atomic mass is 16.5. The second kappa shape index (κ2) is 14.0. The summed E-state index contributed by atoms with van der Waals surface area (Å²) in [5, 5.41) is 10.1. The maximum absolute atomic E-state index is 6.68. The number of rotatable bonds is 5. The molecular formula is C65H40N2O. The second-order valence-corrected chi connectivity index (χ2v) is 18.3. The fourth-order valence-corrected chi connectivity index (χ4v) is 12.2. The van der Waals surface area contributed by atoms with Gasteiger partial charge in [-0.1, -0.05) is 176 Å². The fourth-order valence-electron chi connectivity index (χ4n) is 12.2. The summed E-state index contributed by atoms with van der Waals surface area (Å²) in [5.41, 5.74) is 16.2. The topological polar surface area (TPSA) is 17.4 Å². The smallest absolute Gasteiger partial charge is 0.152 e. The Hall–Kier alpha value is -8.92. The van der Waals surface area contributed by atoms with Crippen LogP contribution in [0.25, 0.3) is 82.1 Å². The average molecular weight is 865 g/mol. The molecule has 0 fully saturated rings. The first kappa shape index (κ1) is 37.3. The molecule has 2 heterocycles. The average Bonchev–Trinajstić information content (AvgIpc) is 3.90. The molecule has 1 aromatic heterocycles. The minimum Gasteiger partial charge on any atom is -0.453 e. The lowest BCUT2D eigenvalue weighted by atomic mass is 9.67. The van der Waals surface area contributed by atoms with Gasteiger partial charge in [0.05, 0.1) is 33.5 Å². The molecule has 13 aromatic rings. The van der Waals surface area contributed by atoms with E-state index in [0.29, 0.717) is 0 Å². The van der Waals surface area contributed by atoms with E-state index in [-0.39, 0.29) is 0 Å². The van der Waals surface area contributed by atoms with Gasteiger partial charge in [-0.2, -0.15) is 0 Å². The fraction of sp³-hybridized carbons (Fsp3) is 0.0154. The molecule has 12 aromatic carbocycles. The molecule has 1 aliphatic heterocycles. The van der Waals surface area contributed by atoms with Gasteiger partial charge in [-0.25, -0.2) is 0 Å². The maximum atomic E-state index is 6.68. The molecule has 0 spiro atoms. The van der Waals surface area contributed by atoms with Gasteiger partial charge >= 0.3 is 0 Å². The van der Waals surface area contributed by atoms with Crippen molar-refractivity contribution in [2.24, 2.45) is 0 Å².